The predicted octanol–water partition coefficient (Wildman–Crippen LogP) is 1.50. The van der Waals surface area contributed by atoms with Gasteiger partial charge in [0.05, 0.1) is 6.07 Å². The summed E-state index contributed by atoms with van der Waals surface area (Å²) in [5.41, 5.74) is 0. The van der Waals surface area contributed by atoms with Gasteiger partial charge < -0.3 is 10.2 Å². The quantitative estimate of drug-likeness (QED) is 0.760. The largest absolute Gasteiger partial charge is 0.370 e. The standard InChI is InChI=1S/C11H17N5/c1-9(2)7-13-10-6-11(15-8-14-10)16(3)5-4-12/h6,8-9H,5,7H2,1-3H3,(H,13,14,15). The van der Waals surface area contributed by atoms with Gasteiger partial charge in [0.1, 0.15) is 24.5 Å². The summed E-state index contributed by atoms with van der Waals surface area (Å²) in [7, 11) is 1.83. The number of hydrogen-bond acceptors (Lipinski definition) is 5. The molecule has 0 aromatic carbocycles. The lowest BCUT2D eigenvalue weighted by molar-refractivity contribution is 0.686. The van der Waals surface area contributed by atoms with Gasteiger partial charge in [-0.2, -0.15) is 5.26 Å². The van der Waals surface area contributed by atoms with Crippen LogP contribution < -0.4 is 10.2 Å². The molecule has 0 atom stereocenters. The van der Waals surface area contributed by atoms with E-state index < -0.39 is 0 Å². The van der Waals surface area contributed by atoms with Gasteiger partial charge in [0.2, 0.25) is 0 Å². The number of aromatic nitrogens is 2. The zero-order valence-electron chi connectivity index (χ0n) is 9.94. The fourth-order valence-electron chi connectivity index (χ4n) is 1.15. The molecule has 1 rings (SSSR count). The highest BCUT2D eigenvalue weighted by Gasteiger charge is 2.03. The maximum absolute atomic E-state index is 8.59. The Morgan fingerprint density at radius 2 is 2.25 bits per heavy atom. The third kappa shape index (κ3) is 3.73. The third-order valence-electron chi connectivity index (χ3n) is 2.04. The first kappa shape index (κ1) is 12.2. The average molecular weight is 219 g/mol. The summed E-state index contributed by atoms with van der Waals surface area (Å²) in [6.07, 6.45) is 1.51. The van der Waals surface area contributed by atoms with Crippen LogP contribution in [-0.4, -0.2) is 30.1 Å². The molecule has 0 aliphatic rings. The molecular formula is C11H17N5. The van der Waals surface area contributed by atoms with Gasteiger partial charge in [-0.15, -0.1) is 0 Å². The molecule has 0 aliphatic heterocycles. The van der Waals surface area contributed by atoms with Crippen molar-refractivity contribution < 1.29 is 0 Å². The van der Waals surface area contributed by atoms with Crippen molar-refractivity contribution in [2.75, 3.05) is 30.4 Å². The first-order valence-electron chi connectivity index (χ1n) is 5.27. The number of rotatable bonds is 5. The topological polar surface area (TPSA) is 64.8 Å². The SMILES string of the molecule is CC(C)CNc1cc(N(C)CC#N)ncn1. The van der Waals surface area contributed by atoms with Gasteiger partial charge in [0, 0.05) is 19.7 Å². The molecular weight excluding hydrogens is 202 g/mol. The molecule has 0 saturated carbocycles. The van der Waals surface area contributed by atoms with Crippen molar-refractivity contribution in [1.82, 2.24) is 9.97 Å². The van der Waals surface area contributed by atoms with Crippen LogP contribution in [0.1, 0.15) is 13.8 Å². The Kier molecular flexibility index (Phi) is 4.52. The van der Waals surface area contributed by atoms with Gasteiger partial charge in [0.25, 0.3) is 0 Å². The minimum Gasteiger partial charge on any atom is -0.370 e. The molecule has 0 aliphatic carbocycles. The van der Waals surface area contributed by atoms with Crippen LogP contribution in [0.15, 0.2) is 12.4 Å². The third-order valence-corrected chi connectivity index (χ3v) is 2.04. The van der Waals surface area contributed by atoms with Gasteiger partial charge in [-0.3, -0.25) is 0 Å². The van der Waals surface area contributed by atoms with E-state index >= 15 is 0 Å². The molecule has 5 heteroatoms. The van der Waals surface area contributed by atoms with Crippen LogP contribution in [0.5, 0.6) is 0 Å². The van der Waals surface area contributed by atoms with Crippen LogP contribution in [-0.2, 0) is 0 Å². The van der Waals surface area contributed by atoms with Crippen molar-refractivity contribution >= 4 is 11.6 Å². The van der Waals surface area contributed by atoms with E-state index in [0.717, 1.165) is 18.2 Å². The highest BCUT2D eigenvalue weighted by molar-refractivity contribution is 5.48. The van der Waals surface area contributed by atoms with Crippen LogP contribution in [0.3, 0.4) is 0 Å². The summed E-state index contributed by atoms with van der Waals surface area (Å²) in [4.78, 5) is 10.0. The summed E-state index contributed by atoms with van der Waals surface area (Å²) in [6, 6.07) is 3.93. The fourth-order valence-corrected chi connectivity index (χ4v) is 1.15. The number of anilines is 2. The monoisotopic (exact) mass is 219 g/mol. The van der Waals surface area contributed by atoms with Crippen LogP contribution in [0.2, 0.25) is 0 Å². The lowest BCUT2D eigenvalue weighted by atomic mass is 10.2. The van der Waals surface area contributed by atoms with E-state index in [1.54, 1.807) is 4.90 Å². The molecule has 0 amide bonds. The van der Waals surface area contributed by atoms with Crippen molar-refractivity contribution in [3.8, 4) is 6.07 Å². The molecule has 0 bridgehead atoms. The van der Waals surface area contributed by atoms with E-state index in [-0.39, 0.29) is 0 Å². The van der Waals surface area contributed by atoms with E-state index in [2.05, 4.69) is 35.2 Å². The van der Waals surface area contributed by atoms with Gasteiger partial charge in [-0.25, -0.2) is 9.97 Å². The van der Waals surface area contributed by atoms with Gasteiger partial charge >= 0.3 is 0 Å². The average Bonchev–Trinajstić information content (AvgIpc) is 2.27. The Balaban J connectivity index is 2.67. The van der Waals surface area contributed by atoms with Crippen molar-refractivity contribution in [2.45, 2.75) is 13.8 Å². The second-order valence-electron chi connectivity index (χ2n) is 4.05. The number of nitrogens with one attached hydrogen (secondary N) is 1. The summed E-state index contributed by atoms with van der Waals surface area (Å²) in [5, 5.41) is 11.8. The minimum absolute atomic E-state index is 0.320. The maximum Gasteiger partial charge on any atom is 0.134 e. The van der Waals surface area contributed by atoms with E-state index in [1.165, 1.54) is 6.33 Å². The van der Waals surface area contributed by atoms with Gasteiger partial charge in [-0.05, 0) is 5.92 Å². The molecule has 16 heavy (non-hydrogen) atoms. The molecule has 86 valence electrons. The second-order valence-corrected chi connectivity index (χ2v) is 4.05. The Bertz CT molecular complexity index is 369. The smallest absolute Gasteiger partial charge is 0.134 e. The van der Waals surface area contributed by atoms with Crippen molar-refractivity contribution in [1.29, 1.82) is 5.26 Å². The highest BCUT2D eigenvalue weighted by Crippen LogP contribution is 2.12. The molecule has 1 N–H and O–H groups in total. The molecule has 1 aromatic rings. The first-order valence-corrected chi connectivity index (χ1v) is 5.27. The minimum atomic E-state index is 0.320. The van der Waals surface area contributed by atoms with E-state index in [1.807, 2.05) is 13.1 Å². The zero-order chi connectivity index (χ0) is 12.0. The predicted molar refractivity (Wildman–Crippen MR) is 64.2 cm³/mol. The molecule has 1 aromatic heterocycles. The molecule has 1 heterocycles. The highest BCUT2D eigenvalue weighted by atomic mass is 15.2. The molecule has 0 spiro atoms. The Morgan fingerprint density at radius 3 is 2.88 bits per heavy atom. The van der Waals surface area contributed by atoms with Crippen molar-refractivity contribution in [3.63, 3.8) is 0 Å². The molecule has 0 radical (unpaired) electrons. The summed E-state index contributed by atoms with van der Waals surface area (Å²) >= 11 is 0. The molecule has 5 nitrogen and oxygen atoms in total. The summed E-state index contributed by atoms with van der Waals surface area (Å²) in [6.45, 7) is 5.47. The lowest BCUT2D eigenvalue weighted by Crippen LogP contribution is -2.19. The molecule has 0 saturated heterocycles. The van der Waals surface area contributed by atoms with Crippen molar-refractivity contribution in [3.05, 3.63) is 12.4 Å². The van der Waals surface area contributed by atoms with Crippen molar-refractivity contribution in [2.24, 2.45) is 5.92 Å². The second kappa shape index (κ2) is 5.91. The Morgan fingerprint density at radius 1 is 1.50 bits per heavy atom. The van der Waals surface area contributed by atoms with Gasteiger partial charge in [0.15, 0.2) is 0 Å². The van der Waals surface area contributed by atoms with E-state index in [9.17, 15) is 0 Å². The number of nitrogens with zero attached hydrogens (tertiary/aromatic N) is 4. The van der Waals surface area contributed by atoms with E-state index in [4.69, 9.17) is 5.26 Å². The fraction of sp³-hybridized carbons (Fsp3) is 0.545. The summed E-state index contributed by atoms with van der Waals surface area (Å²) in [5.74, 6) is 2.11. The summed E-state index contributed by atoms with van der Waals surface area (Å²) < 4.78 is 0. The Hall–Kier alpha value is -1.83. The number of nitriles is 1. The lowest BCUT2D eigenvalue weighted by Gasteiger charge is -2.15. The van der Waals surface area contributed by atoms with Crippen LogP contribution >= 0.6 is 0 Å². The molecule has 0 fully saturated rings. The van der Waals surface area contributed by atoms with Crippen LogP contribution in [0.25, 0.3) is 0 Å². The van der Waals surface area contributed by atoms with Crippen LogP contribution in [0.4, 0.5) is 11.6 Å². The first-order chi connectivity index (χ1) is 7.63. The molecule has 0 unspecified atom stereocenters. The maximum atomic E-state index is 8.59. The number of hydrogen-bond donors (Lipinski definition) is 1. The van der Waals surface area contributed by atoms with Gasteiger partial charge in [-0.1, -0.05) is 13.8 Å². The normalized spacial score (nSPS) is 9.94. The van der Waals surface area contributed by atoms with Crippen LogP contribution in [0, 0.1) is 17.2 Å². The zero-order valence-corrected chi connectivity index (χ0v) is 9.94. The Labute approximate surface area is 96.1 Å². The van der Waals surface area contributed by atoms with E-state index in [0.29, 0.717) is 12.5 Å².